The van der Waals surface area contributed by atoms with Crippen molar-refractivity contribution < 1.29 is 9.53 Å². The first-order valence-electron chi connectivity index (χ1n) is 5.93. The van der Waals surface area contributed by atoms with Gasteiger partial charge >= 0.3 is 6.09 Å². The Morgan fingerprint density at radius 1 is 1.30 bits per heavy atom. The molecule has 0 saturated heterocycles. The average Bonchev–Trinajstić information content (AvgIpc) is 2.74. The molecule has 0 saturated carbocycles. The van der Waals surface area contributed by atoms with Crippen LogP contribution >= 0.6 is 27.5 Å². The second-order valence-electron chi connectivity index (χ2n) is 5.07. The topological polar surface area (TPSA) is 64.1 Å². The van der Waals surface area contributed by atoms with E-state index in [-0.39, 0.29) is 0 Å². The Balaban J connectivity index is 2.03. The van der Waals surface area contributed by atoms with Crippen LogP contribution in [0.4, 0.5) is 10.5 Å². The Kier molecular flexibility index (Phi) is 4.39. The Hall–Kier alpha value is -1.47. The smallest absolute Gasteiger partial charge is 0.412 e. The highest BCUT2D eigenvalue weighted by atomic mass is 79.9. The molecule has 0 fully saturated rings. The lowest BCUT2D eigenvalue weighted by molar-refractivity contribution is 0.0636. The first-order valence-corrected chi connectivity index (χ1v) is 7.50. The Labute approximate surface area is 129 Å². The summed E-state index contributed by atoms with van der Waals surface area (Å²) in [5.41, 5.74) is 1.11. The van der Waals surface area contributed by atoms with Gasteiger partial charge < -0.3 is 4.74 Å². The number of benzene rings is 1. The van der Waals surface area contributed by atoms with Crippen LogP contribution in [-0.4, -0.2) is 21.1 Å². The van der Waals surface area contributed by atoms with E-state index in [2.05, 4.69) is 30.6 Å². The standard InChI is InChI=1S/C13H14BrN3O2S/c1-13(2,3)19-12(18)15-9-6-4-8(5-7-9)10-16-11(14)17-20-10/h4-7H,1-3H3,(H,15,18). The zero-order valence-electron chi connectivity index (χ0n) is 11.3. The van der Waals surface area contributed by atoms with Crippen molar-refractivity contribution in [2.75, 3.05) is 5.32 Å². The zero-order valence-corrected chi connectivity index (χ0v) is 13.7. The van der Waals surface area contributed by atoms with Crippen LogP contribution in [-0.2, 0) is 4.74 Å². The van der Waals surface area contributed by atoms with Crippen molar-refractivity contribution in [1.82, 2.24) is 9.36 Å². The van der Waals surface area contributed by atoms with Gasteiger partial charge in [0.1, 0.15) is 10.6 Å². The molecule has 106 valence electrons. The Morgan fingerprint density at radius 2 is 1.95 bits per heavy atom. The van der Waals surface area contributed by atoms with Crippen molar-refractivity contribution in [3.63, 3.8) is 0 Å². The van der Waals surface area contributed by atoms with Crippen LogP contribution in [0.25, 0.3) is 10.6 Å². The zero-order chi connectivity index (χ0) is 14.8. The number of halogens is 1. The normalized spacial score (nSPS) is 11.2. The molecule has 2 rings (SSSR count). The van der Waals surface area contributed by atoms with E-state index in [9.17, 15) is 4.79 Å². The number of amides is 1. The summed E-state index contributed by atoms with van der Waals surface area (Å²) in [5, 5.41) is 3.50. The van der Waals surface area contributed by atoms with Crippen LogP contribution < -0.4 is 5.32 Å². The molecule has 0 unspecified atom stereocenters. The Bertz CT molecular complexity index is 605. The molecular formula is C13H14BrN3O2S. The second kappa shape index (κ2) is 5.88. The van der Waals surface area contributed by atoms with Crippen LogP contribution in [0.5, 0.6) is 0 Å². The van der Waals surface area contributed by atoms with Crippen LogP contribution in [0.1, 0.15) is 20.8 Å². The third kappa shape index (κ3) is 4.28. The highest BCUT2D eigenvalue weighted by Gasteiger charge is 2.16. The highest BCUT2D eigenvalue weighted by molar-refractivity contribution is 9.10. The minimum absolute atomic E-state index is 0.469. The van der Waals surface area contributed by atoms with E-state index in [0.717, 1.165) is 10.6 Å². The fourth-order valence-corrected chi connectivity index (χ4v) is 2.52. The van der Waals surface area contributed by atoms with Crippen molar-refractivity contribution >= 4 is 39.2 Å². The fourth-order valence-electron chi connectivity index (χ4n) is 1.44. The lowest BCUT2D eigenvalue weighted by atomic mass is 10.2. The first-order chi connectivity index (χ1) is 9.33. The third-order valence-corrected chi connectivity index (χ3v) is 3.53. The van der Waals surface area contributed by atoms with Gasteiger partial charge in [-0.2, -0.15) is 4.37 Å². The molecule has 1 aromatic heterocycles. The highest BCUT2D eigenvalue weighted by Crippen LogP contribution is 2.24. The van der Waals surface area contributed by atoms with E-state index in [1.54, 1.807) is 12.1 Å². The van der Waals surface area contributed by atoms with Crippen molar-refractivity contribution in [3.8, 4) is 10.6 Å². The molecule has 0 aliphatic heterocycles. The van der Waals surface area contributed by atoms with E-state index >= 15 is 0 Å². The van der Waals surface area contributed by atoms with Crippen LogP contribution in [0.2, 0.25) is 0 Å². The third-order valence-electron chi connectivity index (χ3n) is 2.18. The van der Waals surface area contributed by atoms with E-state index in [1.165, 1.54) is 11.5 Å². The number of aromatic nitrogens is 2. The summed E-state index contributed by atoms with van der Waals surface area (Å²) in [6.07, 6.45) is -0.469. The monoisotopic (exact) mass is 355 g/mol. The van der Waals surface area contributed by atoms with Gasteiger partial charge in [0.15, 0.2) is 0 Å². The summed E-state index contributed by atoms with van der Waals surface area (Å²) in [4.78, 5) is 15.9. The molecule has 2 aromatic rings. The van der Waals surface area contributed by atoms with Gasteiger partial charge in [-0.05, 0) is 72.5 Å². The predicted molar refractivity (Wildman–Crippen MR) is 82.9 cm³/mol. The second-order valence-corrected chi connectivity index (χ2v) is 6.53. The van der Waals surface area contributed by atoms with Crippen LogP contribution in [0, 0.1) is 0 Å². The summed E-state index contributed by atoms with van der Waals surface area (Å²) in [6.45, 7) is 5.47. The van der Waals surface area contributed by atoms with Gasteiger partial charge in [-0.3, -0.25) is 5.32 Å². The maximum absolute atomic E-state index is 11.6. The number of anilines is 1. The number of hydrogen-bond acceptors (Lipinski definition) is 5. The largest absolute Gasteiger partial charge is 0.444 e. The molecule has 0 bridgehead atoms. The van der Waals surface area contributed by atoms with Crippen molar-refractivity contribution in [1.29, 1.82) is 0 Å². The number of carbonyl (C=O) groups excluding carboxylic acids is 1. The minimum atomic E-state index is -0.511. The molecule has 0 aliphatic rings. The number of carbonyl (C=O) groups is 1. The van der Waals surface area contributed by atoms with Crippen molar-refractivity contribution in [2.45, 2.75) is 26.4 Å². The van der Waals surface area contributed by atoms with E-state index < -0.39 is 11.7 Å². The average molecular weight is 356 g/mol. The van der Waals surface area contributed by atoms with Crippen molar-refractivity contribution in [3.05, 3.63) is 29.0 Å². The van der Waals surface area contributed by atoms with Gasteiger partial charge in [-0.15, -0.1) is 0 Å². The van der Waals surface area contributed by atoms with Crippen LogP contribution in [0.3, 0.4) is 0 Å². The number of rotatable bonds is 2. The van der Waals surface area contributed by atoms with E-state index in [1.807, 2.05) is 32.9 Å². The fraction of sp³-hybridized carbons (Fsp3) is 0.308. The lowest BCUT2D eigenvalue weighted by Gasteiger charge is -2.19. The van der Waals surface area contributed by atoms with Gasteiger partial charge in [0.25, 0.3) is 0 Å². The van der Waals surface area contributed by atoms with E-state index in [0.29, 0.717) is 10.4 Å². The van der Waals surface area contributed by atoms with Gasteiger partial charge in [0, 0.05) is 11.3 Å². The van der Waals surface area contributed by atoms with Gasteiger partial charge in [-0.25, -0.2) is 9.78 Å². The quantitative estimate of drug-likeness (QED) is 0.871. The minimum Gasteiger partial charge on any atom is -0.444 e. The van der Waals surface area contributed by atoms with E-state index in [4.69, 9.17) is 4.74 Å². The molecule has 0 radical (unpaired) electrons. The first kappa shape index (κ1) is 14.9. The predicted octanol–water partition coefficient (Wildman–Crippen LogP) is 4.31. The summed E-state index contributed by atoms with van der Waals surface area (Å²) >= 11 is 4.53. The molecule has 20 heavy (non-hydrogen) atoms. The summed E-state index contributed by atoms with van der Waals surface area (Å²) in [5.74, 6) is 0. The maximum atomic E-state index is 11.6. The summed E-state index contributed by atoms with van der Waals surface area (Å²) in [7, 11) is 0. The number of hydrogen-bond donors (Lipinski definition) is 1. The molecule has 7 heteroatoms. The SMILES string of the molecule is CC(C)(C)OC(=O)Nc1ccc(-c2nc(Br)ns2)cc1. The number of nitrogens with zero attached hydrogens (tertiary/aromatic N) is 2. The lowest BCUT2D eigenvalue weighted by Crippen LogP contribution is -2.27. The summed E-state index contributed by atoms with van der Waals surface area (Å²) in [6, 6.07) is 7.35. The number of nitrogens with one attached hydrogen (secondary N) is 1. The molecule has 1 amide bonds. The maximum Gasteiger partial charge on any atom is 0.412 e. The van der Waals surface area contributed by atoms with Crippen molar-refractivity contribution in [2.24, 2.45) is 0 Å². The molecule has 0 spiro atoms. The molecule has 5 nitrogen and oxygen atoms in total. The molecule has 0 atom stereocenters. The molecule has 0 aliphatic carbocycles. The van der Waals surface area contributed by atoms with Gasteiger partial charge in [0.05, 0.1) is 0 Å². The van der Waals surface area contributed by atoms with Crippen LogP contribution in [0.15, 0.2) is 29.0 Å². The van der Waals surface area contributed by atoms with Gasteiger partial charge in [0.2, 0.25) is 4.73 Å². The summed E-state index contributed by atoms with van der Waals surface area (Å²) < 4.78 is 9.82. The molecular weight excluding hydrogens is 342 g/mol. The van der Waals surface area contributed by atoms with Gasteiger partial charge in [-0.1, -0.05) is 0 Å². The molecule has 1 heterocycles. The molecule has 1 aromatic carbocycles. The molecule has 1 N–H and O–H groups in total. The Morgan fingerprint density at radius 3 is 2.45 bits per heavy atom. The number of ether oxygens (including phenoxy) is 1.